The molecule has 1 heteroatoms. The Morgan fingerprint density at radius 1 is 1.05 bits per heavy atom. The van der Waals surface area contributed by atoms with Crippen LogP contribution >= 0.6 is 0 Å². The molecule has 3 fully saturated rings. The van der Waals surface area contributed by atoms with Crippen molar-refractivity contribution in [2.24, 2.45) is 35.3 Å². The lowest BCUT2D eigenvalue weighted by Crippen LogP contribution is -2.28. The van der Waals surface area contributed by atoms with Gasteiger partial charge in [-0.25, -0.2) is 0 Å². The summed E-state index contributed by atoms with van der Waals surface area (Å²) in [5.74, 6) is 5.59. The van der Waals surface area contributed by atoms with E-state index in [0.717, 1.165) is 36.0 Å². The highest BCUT2D eigenvalue weighted by atomic mass is 14.8. The Hall–Kier alpha value is -0.820. The molecule has 0 amide bonds. The fraction of sp³-hybridized carbons (Fsp3) is 0.684. The van der Waals surface area contributed by atoms with Crippen LogP contribution in [0.3, 0.4) is 0 Å². The van der Waals surface area contributed by atoms with Gasteiger partial charge in [0.25, 0.3) is 0 Å². The van der Waals surface area contributed by atoms with Crippen LogP contribution in [-0.4, -0.2) is 6.04 Å². The average Bonchev–Trinajstić information content (AvgIpc) is 2.89. The van der Waals surface area contributed by atoms with Crippen molar-refractivity contribution in [2.45, 2.75) is 51.5 Å². The molecule has 0 heterocycles. The zero-order valence-electron chi connectivity index (χ0n) is 12.8. The second kappa shape index (κ2) is 4.59. The Balaban J connectivity index is 1.40. The summed E-state index contributed by atoms with van der Waals surface area (Å²) in [5, 5.41) is 0. The summed E-state index contributed by atoms with van der Waals surface area (Å²) in [7, 11) is 0. The third-order valence-corrected chi connectivity index (χ3v) is 6.41. The molecule has 2 bridgehead atoms. The summed E-state index contributed by atoms with van der Waals surface area (Å²) >= 11 is 0. The zero-order valence-corrected chi connectivity index (χ0v) is 12.8. The van der Waals surface area contributed by atoms with Crippen molar-refractivity contribution in [1.82, 2.24) is 0 Å². The number of fused-ring (bicyclic) bond motifs is 5. The van der Waals surface area contributed by atoms with Crippen molar-refractivity contribution in [3.63, 3.8) is 0 Å². The van der Waals surface area contributed by atoms with Gasteiger partial charge in [0.2, 0.25) is 0 Å². The summed E-state index contributed by atoms with van der Waals surface area (Å²) < 4.78 is 0. The van der Waals surface area contributed by atoms with E-state index in [2.05, 4.69) is 38.1 Å². The van der Waals surface area contributed by atoms with E-state index in [1.54, 1.807) is 0 Å². The minimum Gasteiger partial charge on any atom is -0.327 e. The molecule has 3 saturated carbocycles. The Labute approximate surface area is 122 Å². The predicted molar refractivity (Wildman–Crippen MR) is 83.5 cm³/mol. The van der Waals surface area contributed by atoms with Crippen molar-refractivity contribution >= 4 is 0 Å². The molecule has 0 radical (unpaired) electrons. The SMILES string of the molecule is CC(C)c1ccc(CC(N)C2C3C4CCC(C4)C23)cc1. The summed E-state index contributed by atoms with van der Waals surface area (Å²) in [5.41, 5.74) is 9.42. The molecule has 0 spiro atoms. The van der Waals surface area contributed by atoms with E-state index in [1.165, 1.54) is 30.4 Å². The molecule has 20 heavy (non-hydrogen) atoms. The number of rotatable bonds is 4. The fourth-order valence-electron chi connectivity index (χ4n) is 5.41. The molecule has 108 valence electrons. The molecule has 0 saturated heterocycles. The summed E-state index contributed by atoms with van der Waals surface area (Å²) in [6, 6.07) is 9.55. The predicted octanol–water partition coefficient (Wildman–Crippen LogP) is 3.97. The molecule has 5 atom stereocenters. The van der Waals surface area contributed by atoms with Crippen molar-refractivity contribution in [2.75, 3.05) is 0 Å². The fourth-order valence-corrected chi connectivity index (χ4v) is 5.41. The lowest BCUT2D eigenvalue weighted by Gasteiger charge is -2.16. The van der Waals surface area contributed by atoms with Crippen LogP contribution in [0.5, 0.6) is 0 Å². The first-order valence-electron chi connectivity index (χ1n) is 8.49. The van der Waals surface area contributed by atoms with E-state index < -0.39 is 0 Å². The van der Waals surface area contributed by atoms with Gasteiger partial charge in [-0.1, -0.05) is 38.1 Å². The topological polar surface area (TPSA) is 26.0 Å². The normalized spacial score (nSPS) is 39.1. The van der Waals surface area contributed by atoms with Gasteiger partial charge >= 0.3 is 0 Å². The van der Waals surface area contributed by atoms with Gasteiger partial charge in [0.15, 0.2) is 0 Å². The van der Waals surface area contributed by atoms with Gasteiger partial charge in [0.05, 0.1) is 0 Å². The standard InChI is InChI=1S/C19H27N/c1-11(2)13-5-3-12(4-6-13)9-16(20)19-17-14-7-8-15(10-14)18(17)19/h3-6,11,14-19H,7-10,20H2,1-2H3. The quantitative estimate of drug-likeness (QED) is 0.879. The minimum absolute atomic E-state index is 0.401. The molecule has 5 unspecified atom stereocenters. The maximum Gasteiger partial charge on any atom is 0.0113 e. The molecule has 1 aromatic rings. The second-order valence-corrected chi connectivity index (χ2v) is 7.83. The lowest BCUT2D eigenvalue weighted by atomic mass is 9.93. The highest BCUT2D eigenvalue weighted by Gasteiger charge is 2.65. The van der Waals surface area contributed by atoms with Crippen molar-refractivity contribution in [3.8, 4) is 0 Å². The number of hydrogen-bond donors (Lipinski definition) is 1. The number of benzene rings is 1. The Morgan fingerprint density at radius 3 is 2.20 bits per heavy atom. The highest BCUT2D eigenvalue weighted by Crippen LogP contribution is 2.70. The van der Waals surface area contributed by atoms with Crippen LogP contribution in [0.15, 0.2) is 24.3 Å². The molecular formula is C19H27N. The summed E-state index contributed by atoms with van der Waals surface area (Å²) in [6.45, 7) is 4.50. The van der Waals surface area contributed by atoms with Crippen LogP contribution in [0.2, 0.25) is 0 Å². The molecule has 3 aliphatic rings. The Bertz CT molecular complexity index is 473. The minimum atomic E-state index is 0.401. The summed E-state index contributed by atoms with van der Waals surface area (Å²) in [4.78, 5) is 0. The van der Waals surface area contributed by atoms with Crippen molar-refractivity contribution in [1.29, 1.82) is 0 Å². The Kier molecular flexibility index (Phi) is 2.96. The number of hydrogen-bond acceptors (Lipinski definition) is 1. The van der Waals surface area contributed by atoms with Gasteiger partial charge in [0.1, 0.15) is 0 Å². The van der Waals surface area contributed by atoms with Crippen molar-refractivity contribution < 1.29 is 0 Å². The van der Waals surface area contributed by atoms with Crippen LogP contribution < -0.4 is 5.73 Å². The van der Waals surface area contributed by atoms with Gasteiger partial charge in [-0.2, -0.15) is 0 Å². The third kappa shape index (κ3) is 1.94. The molecule has 1 aromatic carbocycles. The monoisotopic (exact) mass is 269 g/mol. The van der Waals surface area contributed by atoms with E-state index >= 15 is 0 Å². The van der Waals surface area contributed by atoms with Crippen LogP contribution in [0.4, 0.5) is 0 Å². The molecule has 4 rings (SSSR count). The maximum atomic E-state index is 6.55. The van der Waals surface area contributed by atoms with Gasteiger partial charge in [-0.05, 0) is 72.3 Å². The molecule has 0 aromatic heterocycles. The van der Waals surface area contributed by atoms with E-state index in [-0.39, 0.29) is 0 Å². The van der Waals surface area contributed by atoms with Gasteiger partial charge in [0, 0.05) is 6.04 Å². The van der Waals surface area contributed by atoms with Crippen LogP contribution in [0, 0.1) is 29.6 Å². The van der Waals surface area contributed by atoms with E-state index in [4.69, 9.17) is 5.73 Å². The smallest absolute Gasteiger partial charge is 0.0113 e. The number of nitrogens with two attached hydrogens (primary N) is 1. The van der Waals surface area contributed by atoms with E-state index in [1.807, 2.05) is 0 Å². The van der Waals surface area contributed by atoms with Gasteiger partial charge in [-0.15, -0.1) is 0 Å². The van der Waals surface area contributed by atoms with Gasteiger partial charge in [-0.3, -0.25) is 0 Å². The van der Waals surface area contributed by atoms with Crippen LogP contribution in [0.1, 0.15) is 50.2 Å². The lowest BCUT2D eigenvalue weighted by molar-refractivity contribution is 0.409. The first-order chi connectivity index (χ1) is 9.65. The van der Waals surface area contributed by atoms with E-state index in [0.29, 0.717) is 12.0 Å². The van der Waals surface area contributed by atoms with Crippen LogP contribution in [0.25, 0.3) is 0 Å². The molecular weight excluding hydrogens is 242 g/mol. The maximum absolute atomic E-state index is 6.55. The largest absolute Gasteiger partial charge is 0.327 e. The average molecular weight is 269 g/mol. The first kappa shape index (κ1) is 12.9. The highest BCUT2D eigenvalue weighted by molar-refractivity contribution is 5.26. The first-order valence-corrected chi connectivity index (χ1v) is 8.49. The van der Waals surface area contributed by atoms with Crippen molar-refractivity contribution in [3.05, 3.63) is 35.4 Å². The second-order valence-electron chi connectivity index (χ2n) is 7.83. The zero-order chi connectivity index (χ0) is 13.9. The molecule has 3 aliphatic carbocycles. The molecule has 2 N–H and O–H groups in total. The Morgan fingerprint density at radius 2 is 1.65 bits per heavy atom. The van der Waals surface area contributed by atoms with Crippen LogP contribution in [-0.2, 0) is 6.42 Å². The molecule has 1 nitrogen and oxygen atoms in total. The van der Waals surface area contributed by atoms with E-state index in [9.17, 15) is 0 Å². The molecule has 0 aliphatic heterocycles. The summed E-state index contributed by atoms with van der Waals surface area (Å²) in [6.07, 6.45) is 5.60. The van der Waals surface area contributed by atoms with Gasteiger partial charge < -0.3 is 5.73 Å². The third-order valence-electron chi connectivity index (χ3n) is 6.41.